The number of aromatic nitrogens is 3. The second-order valence-corrected chi connectivity index (χ2v) is 6.36. The molecule has 1 amide bonds. The Kier molecular flexibility index (Phi) is 6.78. The quantitative estimate of drug-likeness (QED) is 0.508. The lowest BCUT2D eigenvalue weighted by atomic mass is 10.1. The Morgan fingerprint density at radius 1 is 1.00 bits per heavy atom. The van der Waals surface area contributed by atoms with Crippen LogP contribution in [0.4, 0.5) is 0 Å². The van der Waals surface area contributed by atoms with Crippen molar-refractivity contribution in [1.29, 1.82) is 0 Å². The van der Waals surface area contributed by atoms with Crippen LogP contribution >= 0.6 is 0 Å². The zero-order valence-corrected chi connectivity index (χ0v) is 17.9. The third-order valence-electron chi connectivity index (χ3n) is 4.43. The van der Waals surface area contributed by atoms with E-state index in [-0.39, 0.29) is 11.6 Å². The molecule has 1 aromatic heterocycles. The number of methoxy groups -OCH3 is 4. The second kappa shape index (κ2) is 9.69. The Morgan fingerprint density at radius 2 is 1.69 bits per heavy atom. The molecule has 2 aromatic carbocycles. The molecular weight excluding hydrogens is 420 g/mol. The molecule has 0 aliphatic carbocycles. The summed E-state index contributed by atoms with van der Waals surface area (Å²) in [7, 11) is 5.99. The molecule has 0 unspecified atom stereocenters. The molecule has 0 saturated heterocycles. The van der Waals surface area contributed by atoms with Gasteiger partial charge in [0, 0.05) is 11.6 Å². The first-order valence-electron chi connectivity index (χ1n) is 9.33. The van der Waals surface area contributed by atoms with Crippen LogP contribution in [0, 0.1) is 0 Å². The first kappa shape index (κ1) is 22.4. The molecule has 3 aromatic rings. The third kappa shape index (κ3) is 4.56. The van der Waals surface area contributed by atoms with Crippen LogP contribution in [0.15, 0.2) is 36.4 Å². The zero-order chi connectivity index (χ0) is 23.3. The average Bonchev–Trinajstić information content (AvgIpc) is 3.27. The van der Waals surface area contributed by atoms with Gasteiger partial charge < -0.3 is 29.4 Å². The molecule has 0 aliphatic heterocycles. The van der Waals surface area contributed by atoms with Gasteiger partial charge in [-0.15, -0.1) is 5.10 Å². The van der Waals surface area contributed by atoms with Gasteiger partial charge in [-0.05, 0) is 24.3 Å². The summed E-state index contributed by atoms with van der Waals surface area (Å²) < 4.78 is 22.9. The summed E-state index contributed by atoms with van der Waals surface area (Å²) in [6, 6.07) is 10.3. The summed E-state index contributed by atoms with van der Waals surface area (Å²) in [4.78, 5) is 27.6. The minimum atomic E-state index is -1.18. The van der Waals surface area contributed by atoms with E-state index in [9.17, 15) is 9.59 Å². The third-order valence-corrected chi connectivity index (χ3v) is 4.43. The fraction of sp³-hybridized carbons (Fsp3) is 0.238. The Morgan fingerprint density at radius 3 is 2.25 bits per heavy atom. The standard InChI is InChI=1S/C21H22N4O7/c1-29-14-7-5-6-13(10-14)25-20(23-19(24-25)21(28)22-11-17(26)27)12-8-15(30-2)18(32-4)16(9-12)31-3/h5-10H,11H2,1-4H3,(H,22,28)(H,26,27). The number of hydrogen-bond acceptors (Lipinski definition) is 8. The summed E-state index contributed by atoms with van der Waals surface area (Å²) in [5.41, 5.74) is 1.09. The van der Waals surface area contributed by atoms with Crippen LogP contribution in [0.5, 0.6) is 23.0 Å². The molecule has 0 atom stereocenters. The van der Waals surface area contributed by atoms with E-state index in [2.05, 4.69) is 15.4 Å². The Hall–Kier alpha value is -4.28. The molecule has 1 heterocycles. The van der Waals surface area contributed by atoms with Gasteiger partial charge >= 0.3 is 5.97 Å². The van der Waals surface area contributed by atoms with E-state index < -0.39 is 18.4 Å². The number of aliphatic carboxylic acids is 1. The van der Waals surface area contributed by atoms with Crippen molar-refractivity contribution in [1.82, 2.24) is 20.1 Å². The predicted molar refractivity (Wildman–Crippen MR) is 113 cm³/mol. The fourth-order valence-corrected chi connectivity index (χ4v) is 2.96. The predicted octanol–water partition coefficient (Wildman–Crippen LogP) is 1.78. The van der Waals surface area contributed by atoms with Crippen LogP contribution in [0.3, 0.4) is 0 Å². The summed E-state index contributed by atoms with van der Waals surface area (Å²) in [5.74, 6) is -0.0943. The molecule has 0 radical (unpaired) electrons. The van der Waals surface area contributed by atoms with Gasteiger partial charge in [0.15, 0.2) is 17.3 Å². The number of hydrogen-bond donors (Lipinski definition) is 2. The lowest BCUT2D eigenvalue weighted by Crippen LogP contribution is -2.30. The highest BCUT2D eigenvalue weighted by Gasteiger charge is 2.22. The first-order chi connectivity index (χ1) is 15.4. The molecule has 0 bridgehead atoms. The van der Waals surface area contributed by atoms with Gasteiger partial charge in [0.1, 0.15) is 12.3 Å². The van der Waals surface area contributed by atoms with E-state index in [1.165, 1.54) is 33.1 Å². The summed E-state index contributed by atoms with van der Waals surface area (Å²) in [6.07, 6.45) is 0. The van der Waals surface area contributed by atoms with E-state index >= 15 is 0 Å². The van der Waals surface area contributed by atoms with Gasteiger partial charge in [0.2, 0.25) is 11.6 Å². The molecule has 11 nitrogen and oxygen atoms in total. The Bertz CT molecular complexity index is 1120. The van der Waals surface area contributed by atoms with Gasteiger partial charge in [-0.1, -0.05) is 6.07 Å². The van der Waals surface area contributed by atoms with Crippen LogP contribution < -0.4 is 24.3 Å². The van der Waals surface area contributed by atoms with E-state index in [0.29, 0.717) is 34.2 Å². The SMILES string of the molecule is COc1cccc(-n2nc(C(=O)NCC(=O)O)nc2-c2cc(OC)c(OC)c(OC)c2)c1. The number of carboxylic acids is 1. The summed E-state index contributed by atoms with van der Waals surface area (Å²) in [6.45, 7) is -0.563. The van der Waals surface area contributed by atoms with Crippen molar-refractivity contribution in [3.05, 3.63) is 42.2 Å². The minimum Gasteiger partial charge on any atom is -0.497 e. The lowest BCUT2D eigenvalue weighted by Gasteiger charge is -2.14. The molecule has 168 valence electrons. The fourth-order valence-electron chi connectivity index (χ4n) is 2.96. The molecule has 32 heavy (non-hydrogen) atoms. The van der Waals surface area contributed by atoms with Gasteiger partial charge in [-0.3, -0.25) is 9.59 Å². The van der Waals surface area contributed by atoms with Crippen molar-refractivity contribution in [2.45, 2.75) is 0 Å². The number of rotatable bonds is 9. The number of benzene rings is 2. The number of carbonyl (C=O) groups is 2. The maximum atomic E-state index is 12.4. The smallest absolute Gasteiger partial charge is 0.322 e. The van der Waals surface area contributed by atoms with Crippen LogP contribution in [-0.2, 0) is 4.79 Å². The average molecular weight is 442 g/mol. The van der Waals surface area contributed by atoms with E-state index in [0.717, 1.165) is 0 Å². The molecule has 11 heteroatoms. The molecule has 0 saturated carbocycles. The molecule has 0 spiro atoms. The van der Waals surface area contributed by atoms with Crippen molar-refractivity contribution in [3.63, 3.8) is 0 Å². The number of amides is 1. The molecule has 0 aliphatic rings. The molecule has 2 N–H and O–H groups in total. The normalized spacial score (nSPS) is 10.4. The van der Waals surface area contributed by atoms with Crippen LogP contribution in [0.1, 0.15) is 10.6 Å². The van der Waals surface area contributed by atoms with Crippen LogP contribution in [0.25, 0.3) is 17.1 Å². The molecule has 3 rings (SSSR count). The Balaban J connectivity index is 2.19. The minimum absolute atomic E-state index is 0.210. The van der Waals surface area contributed by atoms with Crippen LogP contribution in [-0.4, -0.2) is 66.7 Å². The number of carbonyl (C=O) groups excluding carboxylic acids is 1. The van der Waals surface area contributed by atoms with Gasteiger partial charge in [0.05, 0.1) is 34.1 Å². The van der Waals surface area contributed by atoms with Crippen molar-refractivity contribution in [2.75, 3.05) is 35.0 Å². The highest BCUT2D eigenvalue weighted by Crippen LogP contribution is 2.41. The second-order valence-electron chi connectivity index (χ2n) is 6.36. The van der Waals surface area contributed by atoms with Crippen molar-refractivity contribution in [2.24, 2.45) is 0 Å². The number of nitrogens with zero attached hydrogens (tertiary/aromatic N) is 3. The van der Waals surface area contributed by atoms with E-state index in [1.54, 1.807) is 36.4 Å². The largest absolute Gasteiger partial charge is 0.497 e. The highest BCUT2D eigenvalue weighted by molar-refractivity contribution is 5.93. The van der Waals surface area contributed by atoms with E-state index in [4.69, 9.17) is 24.1 Å². The topological polar surface area (TPSA) is 134 Å². The van der Waals surface area contributed by atoms with E-state index in [1.807, 2.05) is 0 Å². The maximum Gasteiger partial charge on any atom is 0.322 e. The Labute approximate surface area is 183 Å². The molecular formula is C21H22N4O7. The number of ether oxygens (including phenoxy) is 4. The van der Waals surface area contributed by atoms with Crippen molar-refractivity contribution in [3.8, 4) is 40.1 Å². The molecule has 0 fully saturated rings. The highest BCUT2D eigenvalue weighted by atomic mass is 16.5. The van der Waals surface area contributed by atoms with Gasteiger partial charge in [0.25, 0.3) is 5.91 Å². The zero-order valence-electron chi connectivity index (χ0n) is 17.9. The lowest BCUT2D eigenvalue weighted by molar-refractivity contribution is -0.135. The summed E-state index contributed by atoms with van der Waals surface area (Å²) in [5, 5.41) is 15.4. The van der Waals surface area contributed by atoms with Crippen molar-refractivity contribution < 1.29 is 33.6 Å². The first-order valence-corrected chi connectivity index (χ1v) is 9.33. The maximum absolute atomic E-state index is 12.4. The van der Waals surface area contributed by atoms with Gasteiger partial charge in [-0.2, -0.15) is 0 Å². The van der Waals surface area contributed by atoms with Crippen molar-refractivity contribution >= 4 is 11.9 Å². The number of nitrogens with one attached hydrogen (secondary N) is 1. The number of carboxylic acid groups (broad SMARTS) is 1. The van der Waals surface area contributed by atoms with Crippen LogP contribution in [0.2, 0.25) is 0 Å². The summed E-state index contributed by atoms with van der Waals surface area (Å²) >= 11 is 0. The van der Waals surface area contributed by atoms with Gasteiger partial charge in [-0.25, -0.2) is 9.67 Å². The monoisotopic (exact) mass is 442 g/mol.